The molecule has 0 fully saturated rings. The van der Waals surface area contributed by atoms with E-state index in [2.05, 4.69) is 16.5 Å². The Morgan fingerprint density at radius 3 is 2.18 bits per heavy atom. The van der Waals surface area contributed by atoms with Crippen molar-refractivity contribution in [1.82, 2.24) is 9.97 Å². The number of hydrogen-bond acceptors (Lipinski definition) is 2. The van der Waals surface area contributed by atoms with E-state index in [1.807, 2.05) is 61.5 Å². The van der Waals surface area contributed by atoms with Crippen molar-refractivity contribution in [3.63, 3.8) is 0 Å². The number of ether oxygens (including phenoxy) is 1. The Kier molecular flexibility index (Phi) is 3.66. The molecule has 0 saturated carbocycles. The highest BCUT2D eigenvalue weighted by atomic mass is 16.5. The van der Waals surface area contributed by atoms with E-state index in [4.69, 9.17) is 4.74 Å². The molecular formula is C18H16N2O2. The van der Waals surface area contributed by atoms with Gasteiger partial charge in [-0.15, -0.1) is 0 Å². The molecule has 3 rings (SSSR count). The Bertz CT molecular complexity index is 935. The van der Waals surface area contributed by atoms with Gasteiger partial charge in [-0.1, -0.05) is 36.9 Å². The fourth-order valence-corrected chi connectivity index (χ4v) is 2.28. The number of aromatic nitrogens is 2. The molecule has 1 heterocycles. The SMILES string of the molecule is C=c1[nH]c(=O)[nH]/c1=C(/C)c1ccc(Oc2ccccc2)cc1. The van der Waals surface area contributed by atoms with Crippen LogP contribution >= 0.6 is 0 Å². The zero-order valence-electron chi connectivity index (χ0n) is 12.2. The summed E-state index contributed by atoms with van der Waals surface area (Å²) in [6.07, 6.45) is 0. The van der Waals surface area contributed by atoms with E-state index < -0.39 is 0 Å². The summed E-state index contributed by atoms with van der Waals surface area (Å²) < 4.78 is 5.76. The average molecular weight is 292 g/mol. The van der Waals surface area contributed by atoms with Gasteiger partial charge in [0.05, 0.1) is 10.7 Å². The van der Waals surface area contributed by atoms with E-state index in [1.54, 1.807) is 0 Å². The van der Waals surface area contributed by atoms with Crippen LogP contribution < -0.4 is 21.1 Å². The Balaban J connectivity index is 1.92. The van der Waals surface area contributed by atoms with Crippen LogP contribution in [0.1, 0.15) is 12.5 Å². The molecule has 0 radical (unpaired) electrons. The maximum atomic E-state index is 11.3. The van der Waals surface area contributed by atoms with Crippen molar-refractivity contribution in [3.05, 3.63) is 81.3 Å². The van der Waals surface area contributed by atoms with Crippen molar-refractivity contribution >= 4 is 12.2 Å². The molecule has 1 aromatic heterocycles. The van der Waals surface area contributed by atoms with E-state index in [9.17, 15) is 4.79 Å². The molecule has 4 nitrogen and oxygen atoms in total. The standard InChI is InChI=1S/C18H16N2O2/c1-12(17-13(2)19-18(21)20-17)14-8-10-16(11-9-14)22-15-6-4-3-5-7-15/h3-11H,2H2,1H3,(H2,19,20,21)/b17-12-. The summed E-state index contributed by atoms with van der Waals surface area (Å²) in [6, 6.07) is 17.3. The molecule has 0 unspecified atom stereocenters. The van der Waals surface area contributed by atoms with Crippen LogP contribution in [0.25, 0.3) is 12.2 Å². The summed E-state index contributed by atoms with van der Waals surface area (Å²) in [4.78, 5) is 16.7. The lowest BCUT2D eigenvalue weighted by molar-refractivity contribution is 0.482. The van der Waals surface area contributed by atoms with Gasteiger partial charge >= 0.3 is 5.69 Å². The maximum Gasteiger partial charge on any atom is 0.323 e. The number of para-hydroxylation sites is 1. The van der Waals surface area contributed by atoms with Crippen LogP contribution in [0.5, 0.6) is 11.5 Å². The third kappa shape index (κ3) is 2.86. The van der Waals surface area contributed by atoms with Gasteiger partial charge in [0.2, 0.25) is 0 Å². The zero-order valence-corrected chi connectivity index (χ0v) is 12.2. The molecule has 3 aromatic rings. The van der Waals surface area contributed by atoms with Gasteiger partial charge in [0.1, 0.15) is 11.5 Å². The van der Waals surface area contributed by atoms with Crippen LogP contribution in [-0.2, 0) is 0 Å². The normalized spacial score (nSPS) is 12.0. The minimum Gasteiger partial charge on any atom is -0.457 e. The van der Waals surface area contributed by atoms with Gasteiger partial charge in [-0.05, 0) is 42.3 Å². The predicted octanol–water partition coefficient (Wildman–Crippen LogP) is 2.12. The van der Waals surface area contributed by atoms with Crippen molar-refractivity contribution in [2.24, 2.45) is 0 Å². The molecule has 2 aromatic carbocycles. The lowest BCUT2D eigenvalue weighted by Crippen LogP contribution is -2.25. The first kappa shape index (κ1) is 13.9. The number of benzene rings is 2. The number of H-pyrrole nitrogens is 2. The number of nitrogens with one attached hydrogen (secondary N) is 2. The molecule has 2 N–H and O–H groups in total. The van der Waals surface area contributed by atoms with Gasteiger partial charge in [-0.3, -0.25) is 0 Å². The summed E-state index contributed by atoms with van der Waals surface area (Å²) in [5, 5.41) is 1.31. The smallest absolute Gasteiger partial charge is 0.323 e. The van der Waals surface area contributed by atoms with Crippen molar-refractivity contribution in [2.75, 3.05) is 0 Å². The fourth-order valence-electron chi connectivity index (χ4n) is 2.28. The largest absolute Gasteiger partial charge is 0.457 e. The maximum absolute atomic E-state index is 11.3. The quantitative estimate of drug-likeness (QED) is 0.777. The second-order valence-electron chi connectivity index (χ2n) is 5.00. The Hall–Kier alpha value is -3.01. The van der Waals surface area contributed by atoms with Crippen LogP contribution in [0.4, 0.5) is 0 Å². The highest BCUT2D eigenvalue weighted by Gasteiger charge is 2.02. The minimum absolute atomic E-state index is 0.247. The van der Waals surface area contributed by atoms with Gasteiger partial charge in [0.15, 0.2) is 0 Å². The molecule has 4 heteroatoms. The van der Waals surface area contributed by atoms with Crippen LogP contribution in [0.2, 0.25) is 0 Å². The lowest BCUT2D eigenvalue weighted by atomic mass is 10.1. The molecule has 110 valence electrons. The first-order chi connectivity index (χ1) is 10.6. The van der Waals surface area contributed by atoms with E-state index in [0.29, 0.717) is 5.35 Å². The fraction of sp³-hybridized carbons (Fsp3) is 0.0556. The molecule has 0 aliphatic carbocycles. The Morgan fingerprint density at radius 2 is 1.59 bits per heavy atom. The van der Waals surface area contributed by atoms with Crippen molar-refractivity contribution < 1.29 is 4.74 Å². The molecule has 0 aliphatic rings. The average Bonchev–Trinajstić information content (AvgIpc) is 2.87. The predicted molar refractivity (Wildman–Crippen MR) is 87.3 cm³/mol. The van der Waals surface area contributed by atoms with Crippen molar-refractivity contribution in [1.29, 1.82) is 0 Å². The number of aromatic amines is 2. The third-order valence-corrected chi connectivity index (χ3v) is 3.45. The third-order valence-electron chi connectivity index (χ3n) is 3.45. The highest BCUT2D eigenvalue weighted by Crippen LogP contribution is 2.22. The second kappa shape index (κ2) is 5.77. The molecule has 0 bridgehead atoms. The number of rotatable bonds is 3. The van der Waals surface area contributed by atoms with Crippen LogP contribution in [0, 0.1) is 0 Å². The summed E-state index contributed by atoms with van der Waals surface area (Å²) >= 11 is 0. The van der Waals surface area contributed by atoms with Crippen LogP contribution in [-0.4, -0.2) is 9.97 Å². The van der Waals surface area contributed by atoms with Crippen molar-refractivity contribution in [3.8, 4) is 11.5 Å². The molecular weight excluding hydrogens is 276 g/mol. The zero-order chi connectivity index (χ0) is 15.5. The second-order valence-corrected chi connectivity index (χ2v) is 5.00. The van der Waals surface area contributed by atoms with Gasteiger partial charge < -0.3 is 14.7 Å². The van der Waals surface area contributed by atoms with E-state index in [-0.39, 0.29) is 5.69 Å². The van der Waals surface area contributed by atoms with E-state index in [0.717, 1.165) is 28.0 Å². The number of imidazole rings is 1. The van der Waals surface area contributed by atoms with Crippen LogP contribution in [0.15, 0.2) is 59.4 Å². The Labute approximate surface area is 127 Å². The summed E-state index contributed by atoms with van der Waals surface area (Å²) in [5.74, 6) is 1.56. The molecule has 0 spiro atoms. The highest BCUT2D eigenvalue weighted by molar-refractivity contribution is 5.63. The summed E-state index contributed by atoms with van der Waals surface area (Å²) in [5.41, 5.74) is 1.71. The van der Waals surface area contributed by atoms with Crippen LogP contribution in [0.3, 0.4) is 0 Å². The molecule has 0 amide bonds. The van der Waals surface area contributed by atoms with Gasteiger partial charge in [-0.25, -0.2) is 4.79 Å². The Morgan fingerprint density at radius 1 is 0.955 bits per heavy atom. The van der Waals surface area contributed by atoms with Gasteiger partial charge in [-0.2, -0.15) is 0 Å². The van der Waals surface area contributed by atoms with Gasteiger partial charge in [0, 0.05) is 0 Å². The van der Waals surface area contributed by atoms with E-state index in [1.165, 1.54) is 0 Å². The topological polar surface area (TPSA) is 57.9 Å². The number of hydrogen-bond donors (Lipinski definition) is 2. The monoisotopic (exact) mass is 292 g/mol. The summed E-state index contributed by atoms with van der Waals surface area (Å²) in [7, 11) is 0. The first-order valence-electron chi connectivity index (χ1n) is 6.95. The summed E-state index contributed by atoms with van der Waals surface area (Å²) in [6.45, 7) is 5.77. The first-order valence-corrected chi connectivity index (χ1v) is 6.95. The van der Waals surface area contributed by atoms with Gasteiger partial charge in [0.25, 0.3) is 0 Å². The molecule has 22 heavy (non-hydrogen) atoms. The molecule has 0 aliphatic heterocycles. The minimum atomic E-state index is -0.247. The molecule has 0 atom stereocenters. The van der Waals surface area contributed by atoms with Crippen molar-refractivity contribution in [2.45, 2.75) is 6.92 Å². The lowest BCUT2D eigenvalue weighted by Gasteiger charge is -2.06. The molecule has 0 saturated heterocycles. The van der Waals surface area contributed by atoms with E-state index >= 15 is 0 Å².